The Morgan fingerprint density at radius 1 is 0.305 bits per heavy atom. The number of hydrogen-bond acceptors (Lipinski definition) is 20. The number of nitrogens with zero attached hydrogens (tertiary/aromatic N) is 15. The van der Waals surface area contributed by atoms with E-state index in [-0.39, 0.29) is 0 Å². The fourth-order valence-electron chi connectivity index (χ4n) is 13.4. The van der Waals surface area contributed by atoms with Gasteiger partial charge >= 0.3 is 28.9 Å². The van der Waals surface area contributed by atoms with Gasteiger partial charge in [0.05, 0.1) is 101 Å². The van der Waals surface area contributed by atoms with Crippen molar-refractivity contribution in [3.05, 3.63) is 211 Å². The first kappa shape index (κ1) is 66.1. The van der Waals surface area contributed by atoms with Gasteiger partial charge in [0.25, 0.3) is 12.0 Å². The normalized spacial score (nSPS) is 11.6. The second-order valence-electron chi connectivity index (χ2n) is 25.9. The van der Waals surface area contributed by atoms with Crippen LogP contribution in [0.3, 0.4) is 0 Å². The van der Waals surface area contributed by atoms with Crippen LogP contribution in [0.4, 0.5) is 0 Å². The summed E-state index contributed by atoms with van der Waals surface area (Å²) in [4.78, 5) is 43.1. The van der Waals surface area contributed by atoms with E-state index in [0.29, 0.717) is 63.9 Å². The second-order valence-corrected chi connectivity index (χ2v) is 25.9. The summed E-state index contributed by atoms with van der Waals surface area (Å²) in [6.07, 6.45) is 23.9. The van der Waals surface area contributed by atoms with Crippen molar-refractivity contribution >= 4 is 111 Å². The maximum atomic E-state index is 5.95. The molecule has 0 spiro atoms. The van der Waals surface area contributed by atoms with Gasteiger partial charge in [0, 0.05) is 52.3 Å². The van der Waals surface area contributed by atoms with E-state index in [1.165, 1.54) is 0 Å². The number of benzene rings is 5. The summed E-state index contributed by atoms with van der Waals surface area (Å²) in [5, 5.41) is 4.82. The first-order valence-corrected chi connectivity index (χ1v) is 33.7. The minimum atomic E-state index is 0.466. The van der Waals surface area contributed by atoms with E-state index >= 15 is 0 Å². The van der Waals surface area contributed by atoms with Crippen molar-refractivity contribution in [3.63, 3.8) is 0 Å². The second kappa shape index (κ2) is 26.2. The van der Waals surface area contributed by atoms with Gasteiger partial charge < -0.3 is 44.2 Å². The highest BCUT2D eigenvalue weighted by atomic mass is 16.5. The van der Waals surface area contributed by atoms with Gasteiger partial charge in [0.15, 0.2) is 86.9 Å². The van der Waals surface area contributed by atoms with Crippen molar-refractivity contribution in [1.82, 2.24) is 49.8 Å². The summed E-state index contributed by atoms with van der Waals surface area (Å²) < 4.78 is 67.0. The largest absolute Gasteiger partial charge is 0.437 e. The van der Waals surface area contributed by atoms with E-state index < -0.39 is 0 Å². The Hall–Kier alpha value is -13.5. The highest BCUT2D eigenvalue weighted by molar-refractivity contribution is 6.09. The van der Waals surface area contributed by atoms with Crippen LogP contribution in [0.25, 0.3) is 168 Å². The molecule has 0 saturated heterocycles. The molecule has 0 aliphatic rings. The van der Waals surface area contributed by atoms with Crippen molar-refractivity contribution in [2.75, 3.05) is 0 Å². The van der Waals surface area contributed by atoms with Crippen LogP contribution in [0.2, 0.25) is 0 Å². The molecule has 15 aromatic heterocycles. The van der Waals surface area contributed by atoms with Crippen molar-refractivity contribution in [1.29, 1.82) is 0 Å². The SMILES string of the molecule is Cc1nc2c(o1)oc1c(-c3cncc[n+]3C)c(C)ccc12.Cc1nc2c(o1)oc1c(-c3nccc[n+]3C)c(C)ccc12.Cc1nc2c(o1)oc1cc(-c3ccnc[n+]3C)c(C)cc12.Cc1nc2c(o1)oc1cc(-c3cncc[n+]3C)c(C)cc12.Cc1nc2oc3c(-c4cncc[n+]4C)c(C)ccc3c2o1. The van der Waals surface area contributed by atoms with Gasteiger partial charge in [-0.05, 0) is 110 Å². The van der Waals surface area contributed by atoms with Crippen LogP contribution in [0.5, 0.6) is 0 Å². The molecule has 0 aliphatic carbocycles. The lowest BCUT2D eigenvalue weighted by Crippen LogP contribution is -2.31. The van der Waals surface area contributed by atoms with E-state index in [0.717, 1.165) is 161 Å². The Bertz CT molecular complexity index is 6240. The van der Waals surface area contributed by atoms with Crippen LogP contribution in [-0.2, 0) is 35.2 Å². The summed E-state index contributed by atoms with van der Waals surface area (Å²) in [6.45, 7) is 19.4. The number of furan rings is 5. The molecular formula is C80H70N15O10+5. The fourth-order valence-corrected chi connectivity index (χ4v) is 13.4. The number of oxazole rings is 5. The molecule has 0 unspecified atom stereocenters. The molecule has 0 atom stereocenters. The third-order valence-corrected chi connectivity index (χ3v) is 18.5. The van der Waals surface area contributed by atoms with Crippen LogP contribution in [-0.4, -0.2) is 49.8 Å². The molecule has 0 N–H and O–H groups in total. The van der Waals surface area contributed by atoms with Crippen LogP contribution in [0, 0.1) is 69.2 Å². The van der Waals surface area contributed by atoms with Crippen molar-refractivity contribution in [2.24, 2.45) is 35.2 Å². The van der Waals surface area contributed by atoms with E-state index in [4.69, 9.17) is 44.2 Å². The number of hydrogen-bond donors (Lipinski definition) is 0. The van der Waals surface area contributed by atoms with E-state index in [2.05, 4.69) is 108 Å². The lowest BCUT2D eigenvalue weighted by Gasteiger charge is -2.05. The summed E-state index contributed by atoms with van der Waals surface area (Å²) in [6, 6.07) is 24.4. The molecule has 0 fully saturated rings. The van der Waals surface area contributed by atoms with Crippen molar-refractivity contribution in [3.8, 4) is 56.4 Å². The highest BCUT2D eigenvalue weighted by Crippen LogP contribution is 2.41. The molecule has 0 amide bonds. The lowest BCUT2D eigenvalue weighted by atomic mass is 10.0. The summed E-state index contributed by atoms with van der Waals surface area (Å²) in [5.74, 6) is 5.82. The Morgan fingerprint density at radius 2 is 0.733 bits per heavy atom. The molecule has 520 valence electrons. The Morgan fingerprint density at radius 3 is 1.22 bits per heavy atom. The zero-order valence-electron chi connectivity index (χ0n) is 60.2. The van der Waals surface area contributed by atoms with Crippen LogP contribution >= 0.6 is 0 Å². The molecule has 105 heavy (non-hydrogen) atoms. The Balaban J connectivity index is 0.000000101. The molecule has 5 aromatic carbocycles. The summed E-state index contributed by atoms with van der Waals surface area (Å²) in [5.41, 5.74) is 23.3. The standard InChI is InChI=1S/5C16H14N3O2/c1-9-5-6-11-13-16(20-10(2)18-13)21-14(11)12(9)15-17-7-4-8-19(15)3;1-9-6-12-14(21-16-15(12)18-10(2)20-16)7-11(9)13-8-17-4-5-19(13)3;1-9-6-12-14(21-16-15(12)18-10(2)20-16)7-11(9)13-4-5-17-8-19(13)3;1-9-4-5-11-14-16(20-10(2)18-14)21-15(11)13(9)12-8-17-6-7-19(12)3;1-9-4-5-11-14(21-16-15(11)20-10(2)18-16)13(9)12-8-17-6-7-19(12)3/h5*4-8H,1-3H3/q5*+1. The Labute approximate surface area is 597 Å². The third kappa shape index (κ3) is 11.9. The zero-order valence-corrected chi connectivity index (χ0v) is 60.2. The molecule has 25 nitrogen and oxygen atoms in total. The number of fused-ring (bicyclic) bond motifs is 15. The molecule has 0 bridgehead atoms. The van der Waals surface area contributed by atoms with Crippen LogP contribution < -0.4 is 22.8 Å². The monoisotopic (exact) mass is 1400 g/mol. The van der Waals surface area contributed by atoms with E-state index in [1.54, 1.807) is 37.3 Å². The van der Waals surface area contributed by atoms with Gasteiger partial charge in [-0.25, -0.2) is 29.1 Å². The van der Waals surface area contributed by atoms with Crippen molar-refractivity contribution in [2.45, 2.75) is 69.2 Å². The predicted octanol–water partition coefficient (Wildman–Crippen LogP) is 15.4. The maximum Gasteiger partial charge on any atom is 0.334 e. The van der Waals surface area contributed by atoms with Gasteiger partial charge in [0.1, 0.15) is 56.0 Å². The van der Waals surface area contributed by atoms with Gasteiger partial charge in [0.2, 0.25) is 22.7 Å². The molecule has 0 radical (unpaired) electrons. The maximum absolute atomic E-state index is 5.95. The predicted molar refractivity (Wildman–Crippen MR) is 388 cm³/mol. The zero-order chi connectivity index (χ0) is 72.8. The van der Waals surface area contributed by atoms with E-state index in [9.17, 15) is 0 Å². The average molecular weight is 1400 g/mol. The fraction of sp³-hybridized carbons (Fsp3) is 0.188. The highest BCUT2D eigenvalue weighted by Gasteiger charge is 2.28. The summed E-state index contributed by atoms with van der Waals surface area (Å²) >= 11 is 0. The number of aromatic nitrogens is 15. The molecule has 15 heterocycles. The van der Waals surface area contributed by atoms with E-state index in [1.807, 2.05) is 185 Å². The molecule has 0 aliphatic heterocycles. The topological polar surface area (TPSA) is 280 Å². The third-order valence-electron chi connectivity index (χ3n) is 18.5. The number of rotatable bonds is 5. The number of aryl methyl sites for hydroxylation is 15. The van der Waals surface area contributed by atoms with Crippen LogP contribution in [0.15, 0.2) is 198 Å². The minimum absolute atomic E-state index is 0.466. The molecule has 0 saturated carbocycles. The molecule has 20 rings (SSSR count). The first-order valence-electron chi connectivity index (χ1n) is 33.7. The Kier molecular flexibility index (Phi) is 16.5. The molecular weight excluding hydrogens is 1330 g/mol. The first-order chi connectivity index (χ1) is 50.7. The minimum Gasteiger partial charge on any atom is -0.437 e. The average Bonchev–Trinajstić information content (AvgIpc) is 1.64. The van der Waals surface area contributed by atoms with Crippen LogP contribution in [0.1, 0.15) is 57.3 Å². The van der Waals surface area contributed by atoms with Crippen molar-refractivity contribution < 1.29 is 67.0 Å². The molecule has 20 aromatic rings. The van der Waals surface area contributed by atoms with Gasteiger partial charge in [-0.15, -0.1) is 0 Å². The lowest BCUT2D eigenvalue weighted by molar-refractivity contribution is -0.663. The summed E-state index contributed by atoms with van der Waals surface area (Å²) in [7, 11) is 9.93. The van der Waals surface area contributed by atoms with Gasteiger partial charge in [-0.1, -0.05) is 23.2 Å². The quantitative estimate of drug-likeness (QED) is 0.145. The smallest absolute Gasteiger partial charge is 0.334 e. The molecule has 25 heteroatoms. The van der Waals surface area contributed by atoms with Gasteiger partial charge in [-0.3, -0.25) is 15.0 Å². The van der Waals surface area contributed by atoms with Gasteiger partial charge in [-0.2, -0.15) is 18.7 Å².